The molecule has 0 aromatic rings. The molecule has 19 heavy (non-hydrogen) atoms. The summed E-state index contributed by atoms with van der Waals surface area (Å²) in [5.41, 5.74) is 0. The molecule has 0 bridgehead atoms. The molecule has 1 aliphatic heterocycles. The van der Waals surface area contributed by atoms with Crippen LogP contribution in [0.25, 0.3) is 0 Å². The van der Waals surface area contributed by atoms with Gasteiger partial charge in [-0.2, -0.15) is 0 Å². The molecule has 2 N–H and O–H groups in total. The molecule has 0 spiro atoms. The maximum Gasteiger partial charge on any atom is 0.237 e. The quantitative estimate of drug-likeness (QED) is 0.774. The minimum atomic E-state index is -0.0941. The van der Waals surface area contributed by atoms with Crippen LogP contribution in [0.15, 0.2) is 0 Å². The molecule has 1 saturated carbocycles. The van der Waals surface area contributed by atoms with Crippen molar-refractivity contribution in [2.75, 3.05) is 13.2 Å². The van der Waals surface area contributed by atoms with E-state index in [9.17, 15) is 4.79 Å². The molecule has 1 saturated heterocycles. The van der Waals surface area contributed by atoms with Gasteiger partial charge in [-0.15, -0.1) is 0 Å². The Morgan fingerprint density at radius 2 is 2.00 bits per heavy atom. The van der Waals surface area contributed by atoms with E-state index in [2.05, 4.69) is 10.6 Å². The molecule has 1 amide bonds. The van der Waals surface area contributed by atoms with Crippen molar-refractivity contribution in [2.24, 2.45) is 0 Å². The van der Waals surface area contributed by atoms with Gasteiger partial charge < -0.3 is 15.4 Å². The molecular formula is C15H28N2O2. The Bertz CT molecular complexity index is 271. The maximum atomic E-state index is 12.0. The lowest BCUT2D eigenvalue weighted by Crippen LogP contribution is -2.47. The Hall–Kier alpha value is -0.610. The van der Waals surface area contributed by atoms with Gasteiger partial charge >= 0.3 is 0 Å². The zero-order valence-corrected chi connectivity index (χ0v) is 12.1. The van der Waals surface area contributed by atoms with Crippen molar-refractivity contribution < 1.29 is 9.53 Å². The summed E-state index contributed by atoms with van der Waals surface area (Å²) in [5, 5.41) is 6.47. The number of carbonyl (C=O) groups is 1. The molecule has 0 aromatic carbocycles. The molecule has 0 radical (unpaired) electrons. The Balaban J connectivity index is 1.58. The monoisotopic (exact) mass is 268 g/mol. The predicted octanol–water partition coefficient (Wildman–Crippen LogP) is 1.98. The number of ether oxygens (including phenoxy) is 1. The number of hydrogen-bond acceptors (Lipinski definition) is 3. The lowest BCUT2D eigenvalue weighted by molar-refractivity contribution is -0.123. The van der Waals surface area contributed by atoms with E-state index in [1.165, 1.54) is 32.1 Å². The number of rotatable bonds is 6. The van der Waals surface area contributed by atoms with E-state index in [4.69, 9.17) is 4.74 Å². The molecule has 0 aromatic heterocycles. The Morgan fingerprint density at radius 1 is 1.21 bits per heavy atom. The van der Waals surface area contributed by atoms with Crippen molar-refractivity contribution in [3.63, 3.8) is 0 Å². The lowest BCUT2D eigenvalue weighted by Gasteiger charge is -2.25. The van der Waals surface area contributed by atoms with Crippen LogP contribution in [0.2, 0.25) is 0 Å². The largest absolute Gasteiger partial charge is 0.378 e. The van der Waals surface area contributed by atoms with Gasteiger partial charge in [0.2, 0.25) is 5.91 Å². The summed E-state index contributed by atoms with van der Waals surface area (Å²) >= 11 is 0. The van der Waals surface area contributed by atoms with Crippen molar-refractivity contribution in [1.29, 1.82) is 0 Å². The Labute approximate surface area is 116 Å². The highest BCUT2D eigenvalue weighted by Crippen LogP contribution is 2.17. The van der Waals surface area contributed by atoms with Gasteiger partial charge in [0.15, 0.2) is 0 Å². The second-order valence-corrected chi connectivity index (χ2v) is 5.94. The number of amides is 1. The average molecular weight is 268 g/mol. The van der Waals surface area contributed by atoms with Crippen LogP contribution in [-0.2, 0) is 9.53 Å². The lowest BCUT2D eigenvalue weighted by atomic mass is 9.95. The minimum absolute atomic E-state index is 0.0941. The fraction of sp³-hybridized carbons (Fsp3) is 0.933. The smallest absolute Gasteiger partial charge is 0.237 e. The third-order valence-electron chi connectivity index (χ3n) is 4.29. The summed E-state index contributed by atoms with van der Waals surface area (Å²) in [6.07, 6.45) is 9.90. The minimum Gasteiger partial charge on any atom is -0.378 e. The van der Waals surface area contributed by atoms with Crippen LogP contribution >= 0.6 is 0 Å². The Kier molecular flexibility index (Phi) is 6.11. The molecule has 2 aliphatic rings. The molecule has 1 heterocycles. The molecule has 1 aliphatic carbocycles. The second kappa shape index (κ2) is 7.85. The van der Waals surface area contributed by atoms with Crippen LogP contribution in [-0.4, -0.2) is 37.2 Å². The number of nitrogens with one attached hydrogen (secondary N) is 2. The van der Waals surface area contributed by atoms with Crippen molar-refractivity contribution >= 4 is 5.91 Å². The van der Waals surface area contributed by atoms with Gasteiger partial charge in [-0.3, -0.25) is 4.79 Å². The fourth-order valence-electron chi connectivity index (χ4n) is 3.00. The molecular weight excluding hydrogens is 240 g/mol. The summed E-state index contributed by atoms with van der Waals surface area (Å²) in [7, 11) is 0. The number of hydrogen-bond donors (Lipinski definition) is 2. The standard InChI is InChI=1S/C15H28N2O2/c1-12(16-10-9-14-8-5-11-19-14)15(18)17-13-6-3-2-4-7-13/h12-14,16H,2-11H2,1H3,(H,17,18). The molecule has 4 heteroatoms. The highest BCUT2D eigenvalue weighted by Gasteiger charge is 2.20. The first-order chi connectivity index (χ1) is 9.25. The highest BCUT2D eigenvalue weighted by molar-refractivity contribution is 5.81. The van der Waals surface area contributed by atoms with Gasteiger partial charge in [-0.25, -0.2) is 0 Å². The van der Waals surface area contributed by atoms with Crippen LogP contribution in [0.4, 0.5) is 0 Å². The van der Waals surface area contributed by atoms with Gasteiger partial charge in [0.1, 0.15) is 0 Å². The maximum absolute atomic E-state index is 12.0. The molecule has 2 unspecified atom stereocenters. The fourth-order valence-corrected chi connectivity index (χ4v) is 3.00. The zero-order chi connectivity index (χ0) is 13.5. The predicted molar refractivity (Wildman–Crippen MR) is 76.1 cm³/mol. The first kappa shape index (κ1) is 14.8. The van der Waals surface area contributed by atoms with Gasteiger partial charge in [0.05, 0.1) is 12.1 Å². The molecule has 2 fully saturated rings. The van der Waals surface area contributed by atoms with E-state index < -0.39 is 0 Å². The summed E-state index contributed by atoms with van der Waals surface area (Å²) < 4.78 is 5.58. The van der Waals surface area contributed by atoms with E-state index in [1.807, 2.05) is 6.92 Å². The van der Waals surface area contributed by atoms with Crippen molar-refractivity contribution in [1.82, 2.24) is 10.6 Å². The van der Waals surface area contributed by atoms with Crippen LogP contribution in [0.3, 0.4) is 0 Å². The Morgan fingerprint density at radius 3 is 2.68 bits per heavy atom. The first-order valence-electron chi connectivity index (χ1n) is 7.91. The van der Waals surface area contributed by atoms with E-state index >= 15 is 0 Å². The van der Waals surface area contributed by atoms with E-state index in [-0.39, 0.29) is 11.9 Å². The van der Waals surface area contributed by atoms with Crippen LogP contribution in [0, 0.1) is 0 Å². The second-order valence-electron chi connectivity index (χ2n) is 5.94. The van der Waals surface area contributed by atoms with Gasteiger partial charge in [-0.05, 0) is 45.6 Å². The number of carbonyl (C=O) groups excluding carboxylic acids is 1. The van der Waals surface area contributed by atoms with Gasteiger partial charge in [0, 0.05) is 12.6 Å². The van der Waals surface area contributed by atoms with Crippen molar-refractivity contribution in [3.8, 4) is 0 Å². The summed E-state index contributed by atoms with van der Waals surface area (Å²) in [5.74, 6) is 0.152. The van der Waals surface area contributed by atoms with Crippen molar-refractivity contribution in [3.05, 3.63) is 0 Å². The molecule has 4 nitrogen and oxygen atoms in total. The van der Waals surface area contributed by atoms with Gasteiger partial charge in [0.25, 0.3) is 0 Å². The van der Waals surface area contributed by atoms with Crippen LogP contribution < -0.4 is 10.6 Å². The third-order valence-corrected chi connectivity index (χ3v) is 4.29. The summed E-state index contributed by atoms with van der Waals surface area (Å²) in [4.78, 5) is 12.0. The summed E-state index contributed by atoms with van der Waals surface area (Å²) in [6, 6.07) is 0.312. The van der Waals surface area contributed by atoms with Crippen LogP contribution in [0.1, 0.15) is 58.3 Å². The zero-order valence-electron chi connectivity index (χ0n) is 12.1. The third kappa shape index (κ3) is 5.11. The molecule has 2 atom stereocenters. The average Bonchev–Trinajstić information content (AvgIpc) is 2.93. The van der Waals surface area contributed by atoms with Gasteiger partial charge in [-0.1, -0.05) is 19.3 Å². The van der Waals surface area contributed by atoms with E-state index in [0.29, 0.717) is 12.1 Å². The van der Waals surface area contributed by atoms with Crippen LogP contribution in [0.5, 0.6) is 0 Å². The normalized spacial score (nSPS) is 26.3. The van der Waals surface area contributed by atoms with Crippen molar-refractivity contribution in [2.45, 2.75) is 76.5 Å². The SMILES string of the molecule is CC(NCCC1CCCO1)C(=O)NC1CCCCC1. The topological polar surface area (TPSA) is 50.4 Å². The molecule has 110 valence electrons. The summed E-state index contributed by atoms with van der Waals surface area (Å²) in [6.45, 7) is 3.72. The highest BCUT2D eigenvalue weighted by atomic mass is 16.5. The van der Waals surface area contributed by atoms with E-state index in [0.717, 1.165) is 32.4 Å². The first-order valence-corrected chi connectivity index (χ1v) is 7.91. The molecule has 2 rings (SSSR count). The van der Waals surface area contributed by atoms with E-state index in [1.54, 1.807) is 0 Å².